The third-order valence-electron chi connectivity index (χ3n) is 4.99. The van der Waals surface area contributed by atoms with Crippen molar-refractivity contribution in [1.82, 2.24) is 34.5 Å². The quantitative estimate of drug-likeness (QED) is 0.399. The van der Waals surface area contributed by atoms with Gasteiger partial charge in [-0.3, -0.25) is 4.79 Å². The van der Waals surface area contributed by atoms with Crippen LogP contribution in [0, 0.1) is 0 Å². The number of nitrogens with zero attached hydrogens (tertiary/aromatic N) is 6. The molecule has 9 nitrogen and oxygen atoms in total. The van der Waals surface area contributed by atoms with Crippen molar-refractivity contribution in [1.29, 1.82) is 0 Å². The van der Waals surface area contributed by atoms with Gasteiger partial charge in [0.1, 0.15) is 11.1 Å². The highest BCUT2D eigenvalue weighted by molar-refractivity contribution is 7.99. The van der Waals surface area contributed by atoms with Gasteiger partial charge in [0.2, 0.25) is 0 Å². The fraction of sp³-hybridized carbons (Fsp3) is 0.136. The number of fused-ring (bicyclic) bond motifs is 1. The van der Waals surface area contributed by atoms with E-state index in [1.807, 2.05) is 66.1 Å². The molecule has 32 heavy (non-hydrogen) atoms. The first-order chi connectivity index (χ1) is 15.7. The van der Waals surface area contributed by atoms with Crippen LogP contribution in [0.5, 0.6) is 5.75 Å². The molecule has 0 fully saturated rings. The Balaban J connectivity index is 1.53. The summed E-state index contributed by atoms with van der Waals surface area (Å²) in [5.74, 6) is 1.51. The lowest BCUT2D eigenvalue weighted by molar-refractivity contribution is 0.415. The van der Waals surface area contributed by atoms with Crippen molar-refractivity contribution in [2.24, 2.45) is 0 Å². The van der Waals surface area contributed by atoms with E-state index >= 15 is 0 Å². The summed E-state index contributed by atoms with van der Waals surface area (Å²) in [6, 6.07) is 17.2. The van der Waals surface area contributed by atoms with Gasteiger partial charge in [0, 0.05) is 12.1 Å². The minimum Gasteiger partial charge on any atom is -0.497 e. The Labute approximate surface area is 187 Å². The molecule has 0 spiro atoms. The number of ether oxygens (including phenoxy) is 1. The van der Waals surface area contributed by atoms with Crippen LogP contribution in [0.1, 0.15) is 6.92 Å². The second kappa shape index (κ2) is 8.31. The maximum atomic E-state index is 12.7. The van der Waals surface area contributed by atoms with Gasteiger partial charge in [-0.25, -0.2) is 9.67 Å². The maximum Gasteiger partial charge on any atom is 0.262 e. The van der Waals surface area contributed by atoms with E-state index in [1.165, 1.54) is 18.0 Å². The third kappa shape index (κ3) is 3.54. The number of hydrogen-bond donors (Lipinski definition) is 1. The predicted octanol–water partition coefficient (Wildman–Crippen LogP) is 3.55. The second-order valence-electron chi connectivity index (χ2n) is 6.88. The largest absolute Gasteiger partial charge is 0.497 e. The molecule has 0 aliphatic heterocycles. The summed E-state index contributed by atoms with van der Waals surface area (Å²) in [6.45, 7) is 2.68. The van der Waals surface area contributed by atoms with Gasteiger partial charge in [-0.2, -0.15) is 5.10 Å². The predicted molar refractivity (Wildman–Crippen MR) is 121 cm³/mol. The van der Waals surface area contributed by atoms with E-state index in [0.29, 0.717) is 27.9 Å². The van der Waals surface area contributed by atoms with Crippen LogP contribution >= 0.6 is 11.8 Å². The number of aromatic amines is 1. The van der Waals surface area contributed by atoms with Crippen molar-refractivity contribution in [3.05, 3.63) is 71.1 Å². The van der Waals surface area contributed by atoms with Crippen molar-refractivity contribution in [2.45, 2.75) is 23.8 Å². The first kappa shape index (κ1) is 20.0. The molecule has 0 bridgehead atoms. The molecule has 3 aromatic heterocycles. The number of hydrogen-bond acceptors (Lipinski definition) is 7. The smallest absolute Gasteiger partial charge is 0.262 e. The number of methoxy groups -OCH3 is 1. The highest BCUT2D eigenvalue weighted by Crippen LogP contribution is 2.29. The van der Waals surface area contributed by atoms with E-state index in [1.54, 1.807) is 11.8 Å². The molecular formula is C22H19N7O2S. The van der Waals surface area contributed by atoms with Crippen molar-refractivity contribution < 1.29 is 4.74 Å². The van der Waals surface area contributed by atoms with Crippen molar-refractivity contribution >= 4 is 22.8 Å². The van der Waals surface area contributed by atoms with E-state index in [0.717, 1.165) is 22.8 Å². The van der Waals surface area contributed by atoms with E-state index in [4.69, 9.17) is 4.74 Å². The Bertz CT molecular complexity index is 1440. The lowest BCUT2D eigenvalue weighted by atomic mass is 10.2. The Kier molecular flexibility index (Phi) is 5.20. The van der Waals surface area contributed by atoms with Crippen molar-refractivity contribution in [3.63, 3.8) is 0 Å². The number of H-pyrrole nitrogens is 1. The van der Waals surface area contributed by atoms with E-state index in [9.17, 15) is 4.79 Å². The monoisotopic (exact) mass is 445 g/mol. The van der Waals surface area contributed by atoms with E-state index < -0.39 is 0 Å². The van der Waals surface area contributed by atoms with E-state index in [-0.39, 0.29) is 5.56 Å². The summed E-state index contributed by atoms with van der Waals surface area (Å²) in [6.07, 6.45) is 1.53. The van der Waals surface area contributed by atoms with Crippen molar-refractivity contribution in [3.8, 4) is 22.8 Å². The average molecular weight is 446 g/mol. The van der Waals surface area contributed by atoms with Crippen molar-refractivity contribution in [2.75, 3.05) is 7.11 Å². The van der Waals surface area contributed by atoms with Crippen LogP contribution in [0.4, 0.5) is 0 Å². The van der Waals surface area contributed by atoms with Crippen LogP contribution in [-0.4, -0.2) is 41.6 Å². The van der Waals surface area contributed by atoms with Crippen LogP contribution < -0.4 is 10.3 Å². The maximum absolute atomic E-state index is 12.7. The number of aromatic nitrogens is 7. The standard InChI is InChI=1S/C22H19N7O2S/c1-3-28-18(14-9-11-16(31-2)12-10-14)26-27-22(28)32-21-24-19-17(20(30)25-21)13-23-29(19)15-7-5-4-6-8-15/h4-13H,3H2,1-2H3,(H,24,25,30). The number of nitrogens with one attached hydrogen (secondary N) is 1. The molecule has 2 aromatic carbocycles. The fourth-order valence-corrected chi connectivity index (χ4v) is 4.25. The summed E-state index contributed by atoms with van der Waals surface area (Å²) in [5.41, 5.74) is 1.99. The van der Waals surface area contributed by atoms with Crippen LogP contribution in [0.3, 0.4) is 0 Å². The lowest BCUT2D eigenvalue weighted by Gasteiger charge is -2.08. The van der Waals surface area contributed by atoms with Gasteiger partial charge in [-0.1, -0.05) is 18.2 Å². The molecule has 5 rings (SSSR count). The average Bonchev–Trinajstić information content (AvgIpc) is 3.44. The Hall–Kier alpha value is -3.92. The topological polar surface area (TPSA) is 104 Å². The highest BCUT2D eigenvalue weighted by Gasteiger charge is 2.17. The molecule has 0 saturated carbocycles. The molecule has 0 unspecified atom stereocenters. The number of rotatable bonds is 6. The Morgan fingerprint density at radius 3 is 2.56 bits per heavy atom. The Morgan fingerprint density at radius 1 is 1.06 bits per heavy atom. The summed E-state index contributed by atoms with van der Waals surface area (Å²) in [5, 5.41) is 14.5. The van der Waals surface area contributed by atoms with Crippen LogP contribution in [0.25, 0.3) is 28.1 Å². The summed E-state index contributed by atoms with van der Waals surface area (Å²) in [7, 11) is 1.63. The molecule has 0 aliphatic carbocycles. The second-order valence-corrected chi connectivity index (χ2v) is 7.84. The minimum atomic E-state index is -0.252. The van der Waals surface area contributed by atoms with Crippen LogP contribution in [-0.2, 0) is 6.54 Å². The first-order valence-corrected chi connectivity index (χ1v) is 10.8. The Morgan fingerprint density at radius 2 is 1.84 bits per heavy atom. The van der Waals surface area contributed by atoms with Crippen LogP contribution in [0.2, 0.25) is 0 Å². The summed E-state index contributed by atoms with van der Waals surface area (Å²) >= 11 is 1.26. The van der Waals surface area contributed by atoms with Gasteiger partial charge in [-0.05, 0) is 55.1 Å². The molecule has 1 N–H and O–H groups in total. The SMILES string of the molecule is CCn1c(Sc2nc3c(cnn3-c3ccccc3)c(=O)[nH]2)nnc1-c1ccc(OC)cc1. The molecule has 5 aromatic rings. The van der Waals surface area contributed by atoms with Gasteiger partial charge >= 0.3 is 0 Å². The van der Waals surface area contributed by atoms with Gasteiger partial charge in [0.05, 0.1) is 19.0 Å². The third-order valence-corrected chi connectivity index (χ3v) is 5.86. The molecule has 0 atom stereocenters. The molecule has 10 heteroatoms. The number of benzene rings is 2. The summed E-state index contributed by atoms with van der Waals surface area (Å²) < 4.78 is 8.86. The minimum absolute atomic E-state index is 0.252. The normalized spacial score (nSPS) is 11.2. The summed E-state index contributed by atoms with van der Waals surface area (Å²) in [4.78, 5) is 20.1. The number of para-hydroxylation sites is 1. The molecule has 0 saturated heterocycles. The van der Waals surface area contributed by atoms with Crippen LogP contribution in [0.15, 0.2) is 75.9 Å². The molecule has 3 heterocycles. The zero-order chi connectivity index (χ0) is 22.1. The molecule has 0 radical (unpaired) electrons. The van der Waals surface area contributed by atoms with Gasteiger partial charge < -0.3 is 14.3 Å². The molecular weight excluding hydrogens is 426 g/mol. The zero-order valence-corrected chi connectivity index (χ0v) is 18.2. The highest BCUT2D eigenvalue weighted by atomic mass is 32.2. The first-order valence-electron chi connectivity index (χ1n) is 9.97. The van der Waals surface area contributed by atoms with E-state index in [2.05, 4.69) is 25.3 Å². The zero-order valence-electron chi connectivity index (χ0n) is 17.4. The lowest BCUT2D eigenvalue weighted by Crippen LogP contribution is -2.10. The molecule has 0 aliphatic rings. The van der Waals surface area contributed by atoms with Gasteiger partial charge in [0.15, 0.2) is 21.8 Å². The molecule has 0 amide bonds. The van der Waals surface area contributed by atoms with Gasteiger partial charge in [-0.15, -0.1) is 10.2 Å². The fourth-order valence-electron chi connectivity index (χ4n) is 3.39. The molecule has 160 valence electrons. The van der Waals surface area contributed by atoms with Gasteiger partial charge in [0.25, 0.3) is 5.56 Å².